The van der Waals surface area contributed by atoms with Gasteiger partial charge in [0, 0.05) is 17.3 Å². The van der Waals surface area contributed by atoms with Gasteiger partial charge in [0.25, 0.3) is 0 Å². The molecule has 3 saturated carbocycles. The number of amides is 1. The van der Waals surface area contributed by atoms with Crippen molar-refractivity contribution in [2.24, 2.45) is 57.0 Å². The van der Waals surface area contributed by atoms with E-state index in [2.05, 4.69) is 33.8 Å². The highest BCUT2D eigenvalue weighted by atomic mass is 16.1. The molecular weight excluding hydrogens is 424 g/mol. The summed E-state index contributed by atoms with van der Waals surface area (Å²) < 4.78 is 0. The second kappa shape index (κ2) is 7.15. The van der Waals surface area contributed by atoms with Crippen LogP contribution in [0.1, 0.15) is 79.6 Å². The highest BCUT2D eigenvalue weighted by molar-refractivity contribution is 6.02. The van der Waals surface area contributed by atoms with E-state index in [-0.39, 0.29) is 63.5 Å². The van der Waals surface area contributed by atoms with Gasteiger partial charge in [0.05, 0.1) is 11.0 Å². The zero-order valence-electron chi connectivity index (χ0n) is 21.2. The lowest BCUT2D eigenvalue weighted by atomic mass is 9.39. The number of rotatable bonds is 1. The second-order valence-electron chi connectivity index (χ2n) is 13.3. The lowest BCUT2D eigenvalue weighted by molar-refractivity contribution is -0.158. The molecule has 34 heavy (non-hydrogen) atoms. The summed E-state index contributed by atoms with van der Waals surface area (Å²) in [6.45, 7) is 10.9. The van der Waals surface area contributed by atoms with Crippen LogP contribution in [0.5, 0.6) is 0 Å². The average molecular weight is 463 g/mol. The Hall–Kier alpha value is -2.22. The molecule has 0 radical (unpaired) electrons. The van der Waals surface area contributed by atoms with Crippen LogP contribution in [0.3, 0.4) is 0 Å². The summed E-state index contributed by atoms with van der Waals surface area (Å²) in [4.78, 5) is 39.6. The Morgan fingerprint density at radius 3 is 2.35 bits per heavy atom. The molecule has 0 heterocycles. The predicted octanol–water partition coefficient (Wildman–Crippen LogP) is 4.91. The van der Waals surface area contributed by atoms with Gasteiger partial charge in [0.1, 0.15) is 6.07 Å². The smallest absolute Gasteiger partial charge is 0.223 e. The van der Waals surface area contributed by atoms with E-state index in [9.17, 15) is 19.6 Å². The summed E-state index contributed by atoms with van der Waals surface area (Å²) in [5.74, 6) is -0.328. The monoisotopic (exact) mass is 462 g/mol. The molecule has 0 aromatic rings. The summed E-state index contributed by atoms with van der Waals surface area (Å²) in [6.07, 6.45) is 9.76. The minimum absolute atomic E-state index is 0.0165. The van der Waals surface area contributed by atoms with Gasteiger partial charge in [-0.3, -0.25) is 14.4 Å². The fourth-order valence-electron chi connectivity index (χ4n) is 9.32. The van der Waals surface area contributed by atoms with Crippen molar-refractivity contribution < 1.29 is 14.4 Å². The van der Waals surface area contributed by atoms with Gasteiger partial charge in [0.15, 0.2) is 11.6 Å². The highest BCUT2D eigenvalue weighted by Crippen LogP contribution is 2.69. The number of ketones is 2. The fraction of sp³-hybridized carbons (Fsp3) is 0.724. The van der Waals surface area contributed by atoms with Crippen molar-refractivity contribution in [3.05, 3.63) is 23.3 Å². The van der Waals surface area contributed by atoms with E-state index < -0.39 is 10.8 Å². The zero-order valence-corrected chi connectivity index (χ0v) is 21.2. The molecule has 0 aromatic carbocycles. The minimum Gasteiger partial charge on any atom is -0.369 e. The number of carbonyl (C=O) groups excluding carboxylic acids is 3. The number of Topliss-reactive ketones (excluding diaryl/α,β-unsaturated/α-hetero) is 1. The average Bonchev–Trinajstić information content (AvgIpc) is 2.76. The first-order valence-electron chi connectivity index (χ1n) is 13.0. The molecule has 8 unspecified atom stereocenters. The molecule has 5 heteroatoms. The number of carbonyl (C=O) groups is 3. The minimum atomic E-state index is -0.575. The van der Waals surface area contributed by atoms with Crippen LogP contribution < -0.4 is 5.73 Å². The van der Waals surface area contributed by atoms with Gasteiger partial charge >= 0.3 is 0 Å². The Morgan fingerprint density at radius 2 is 1.71 bits per heavy atom. The third kappa shape index (κ3) is 2.87. The maximum absolute atomic E-state index is 14.0. The van der Waals surface area contributed by atoms with E-state index in [0.29, 0.717) is 0 Å². The third-order valence-corrected chi connectivity index (χ3v) is 11.2. The Morgan fingerprint density at radius 1 is 1.03 bits per heavy atom. The number of hydrogen-bond donors (Lipinski definition) is 1. The molecule has 0 aromatic heterocycles. The van der Waals surface area contributed by atoms with Crippen LogP contribution in [0.25, 0.3) is 0 Å². The van der Waals surface area contributed by atoms with E-state index in [0.717, 1.165) is 50.5 Å². The van der Waals surface area contributed by atoms with E-state index in [1.807, 2.05) is 19.1 Å². The van der Waals surface area contributed by atoms with Crippen molar-refractivity contribution in [1.82, 2.24) is 0 Å². The van der Waals surface area contributed by atoms with Crippen LogP contribution in [0.2, 0.25) is 0 Å². The Kier molecular flexibility index (Phi) is 4.95. The Bertz CT molecular complexity index is 1090. The maximum Gasteiger partial charge on any atom is 0.223 e. The maximum atomic E-state index is 14.0. The predicted molar refractivity (Wildman–Crippen MR) is 129 cm³/mol. The molecule has 5 nitrogen and oxygen atoms in total. The molecule has 2 N–H and O–H groups in total. The summed E-state index contributed by atoms with van der Waals surface area (Å²) in [7, 11) is 0. The molecule has 3 fully saturated rings. The van der Waals surface area contributed by atoms with Crippen LogP contribution in [-0.4, -0.2) is 17.5 Å². The van der Waals surface area contributed by atoms with Crippen molar-refractivity contribution in [2.75, 3.05) is 0 Å². The SMILES string of the molecule is CC1C(=O)C(C#N)=CC2(C)C3=CC(=O)C4C(CCC5(C(N)=O)CCC(C)(C)CC45)C3(C)CCC12. The van der Waals surface area contributed by atoms with Gasteiger partial charge in [-0.1, -0.05) is 46.3 Å². The van der Waals surface area contributed by atoms with Gasteiger partial charge in [-0.15, -0.1) is 0 Å². The highest BCUT2D eigenvalue weighted by Gasteiger charge is 2.65. The van der Waals surface area contributed by atoms with Gasteiger partial charge in [-0.05, 0) is 79.6 Å². The molecule has 182 valence electrons. The van der Waals surface area contributed by atoms with Crippen LogP contribution in [0, 0.1) is 62.6 Å². The summed E-state index contributed by atoms with van der Waals surface area (Å²) in [5, 5.41) is 9.67. The number of allylic oxidation sites excluding steroid dienone is 4. The van der Waals surface area contributed by atoms with Gasteiger partial charge in [-0.2, -0.15) is 5.26 Å². The van der Waals surface area contributed by atoms with E-state index >= 15 is 0 Å². The fourth-order valence-corrected chi connectivity index (χ4v) is 9.32. The van der Waals surface area contributed by atoms with E-state index in [1.54, 1.807) is 0 Å². The molecule has 5 rings (SSSR count). The molecule has 1 amide bonds. The largest absolute Gasteiger partial charge is 0.369 e. The lowest BCUT2D eigenvalue weighted by Crippen LogP contribution is -2.61. The quantitative estimate of drug-likeness (QED) is 0.598. The number of hydrogen-bond acceptors (Lipinski definition) is 4. The topological polar surface area (TPSA) is 101 Å². The number of primary amides is 1. The van der Waals surface area contributed by atoms with Crippen LogP contribution in [0.15, 0.2) is 23.3 Å². The Balaban J connectivity index is 1.65. The van der Waals surface area contributed by atoms with Crippen molar-refractivity contribution in [1.29, 1.82) is 5.26 Å². The van der Waals surface area contributed by atoms with Gasteiger partial charge in [-0.25, -0.2) is 0 Å². The number of nitrogens with two attached hydrogens (primary N) is 1. The Labute approximate surface area is 203 Å². The standard InChI is InChI=1S/C29H38N2O3/c1-16-18-6-8-27(4)19-7-9-29(25(31)34)11-10-26(2,3)14-20(29)23(19)21(32)12-22(27)28(18,5)13-17(15-30)24(16)33/h12-13,16,18-20,23H,6-11,14H2,1-5H3,(H2,31,34). The number of nitriles is 1. The molecule has 0 saturated heterocycles. The molecule has 0 aliphatic heterocycles. The van der Waals surface area contributed by atoms with E-state index in [4.69, 9.17) is 5.73 Å². The molecule has 0 bridgehead atoms. The first-order chi connectivity index (χ1) is 15.8. The summed E-state index contributed by atoms with van der Waals surface area (Å²) in [6, 6.07) is 2.13. The summed E-state index contributed by atoms with van der Waals surface area (Å²) in [5.41, 5.74) is 6.25. The number of nitrogens with zero attached hydrogens (tertiary/aromatic N) is 1. The van der Waals surface area contributed by atoms with Crippen molar-refractivity contribution >= 4 is 17.5 Å². The molecule has 0 spiro atoms. The third-order valence-electron chi connectivity index (χ3n) is 11.2. The van der Waals surface area contributed by atoms with Crippen molar-refractivity contribution in [3.8, 4) is 6.07 Å². The van der Waals surface area contributed by atoms with Gasteiger partial charge in [0.2, 0.25) is 5.91 Å². The van der Waals surface area contributed by atoms with E-state index in [1.165, 1.54) is 0 Å². The van der Waals surface area contributed by atoms with Crippen LogP contribution in [0.4, 0.5) is 0 Å². The molecular formula is C29H38N2O3. The first kappa shape index (κ1) is 23.5. The van der Waals surface area contributed by atoms with Crippen LogP contribution in [-0.2, 0) is 14.4 Å². The van der Waals surface area contributed by atoms with Gasteiger partial charge < -0.3 is 5.73 Å². The molecule has 5 aliphatic rings. The zero-order chi connectivity index (χ0) is 24.8. The van der Waals surface area contributed by atoms with Crippen molar-refractivity contribution in [2.45, 2.75) is 79.6 Å². The van der Waals surface area contributed by atoms with Crippen molar-refractivity contribution in [3.63, 3.8) is 0 Å². The first-order valence-corrected chi connectivity index (χ1v) is 13.0. The molecule has 8 atom stereocenters. The van der Waals surface area contributed by atoms with Crippen LogP contribution >= 0.6 is 0 Å². The number of fused-ring (bicyclic) bond motifs is 7. The lowest BCUT2D eigenvalue weighted by Gasteiger charge is -2.63. The molecule has 5 aliphatic carbocycles. The normalized spacial score (nSPS) is 47.1. The second-order valence-corrected chi connectivity index (χ2v) is 13.3. The summed E-state index contributed by atoms with van der Waals surface area (Å²) >= 11 is 0.